The van der Waals surface area contributed by atoms with Gasteiger partial charge in [-0.05, 0) is 11.6 Å². The van der Waals surface area contributed by atoms with Crippen LogP contribution in [-0.2, 0) is 18.0 Å². The largest absolute Gasteiger partial charge is 0.465 e. The molecule has 5 heteroatoms. The first-order chi connectivity index (χ1) is 6.75. The zero-order chi connectivity index (χ0) is 9.97. The molecule has 1 aromatic rings. The van der Waals surface area contributed by atoms with Gasteiger partial charge in [0.25, 0.3) is 0 Å². The molecule has 5 nitrogen and oxygen atoms in total. The van der Waals surface area contributed by atoms with E-state index < -0.39 is 6.09 Å². The lowest BCUT2D eigenvalue weighted by molar-refractivity contribution is -0.194. The number of rotatable bonds is 2. The van der Waals surface area contributed by atoms with Crippen molar-refractivity contribution in [1.82, 2.24) is 5.32 Å². The highest BCUT2D eigenvalue weighted by atomic mass is 17.2. The maximum atomic E-state index is 10.2. The molecular weight excluding hydrogens is 186 g/mol. The van der Waals surface area contributed by atoms with Crippen LogP contribution in [0.2, 0.25) is 0 Å². The smallest absolute Gasteiger partial charge is 0.404 e. The predicted molar refractivity (Wildman–Crippen MR) is 46.7 cm³/mol. The van der Waals surface area contributed by atoms with Crippen LogP contribution in [0.25, 0.3) is 0 Å². The fourth-order valence-electron chi connectivity index (χ4n) is 1.24. The number of fused-ring (bicyclic) bond motifs is 1. The van der Waals surface area contributed by atoms with Gasteiger partial charge < -0.3 is 15.3 Å². The standard InChI is InChI=1S/C9H9NO4/c11-9(12)10-4-6-1-2-7-5-13-14-8(7)3-6/h1-3,10H,4-5H2,(H,11,12). The fourth-order valence-corrected chi connectivity index (χ4v) is 1.24. The Balaban J connectivity index is 2.09. The predicted octanol–water partition coefficient (Wildman–Crippen LogP) is 1.28. The van der Waals surface area contributed by atoms with Crippen molar-refractivity contribution in [1.29, 1.82) is 0 Å². The van der Waals surface area contributed by atoms with Gasteiger partial charge in [-0.1, -0.05) is 12.1 Å². The molecule has 2 rings (SSSR count). The van der Waals surface area contributed by atoms with E-state index in [4.69, 9.17) is 14.9 Å². The summed E-state index contributed by atoms with van der Waals surface area (Å²) < 4.78 is 0. The second kappa shape index (κ2) is 3.55. The number of amides is 1. The lowest BCUT2D eigenvalue weighted by Gasteiger charge is -2.02. The quantitative estimate of drug-likeness (QED) is 0.697. The average Bonchev–Trinajstić information content (AvgIpc) is 2.61. The summed E-state index contributed by atoms with van der Waals surface area (Å²) in [7, 11) is 0. The molecule has 0 aromatic heterocycles. The summed E-state index contributed by atoms with van der Waals surface area (Å²) in [6.07, 6.45) is -1.04. The molecular formula is C9H9NO4. The molecule has 0 fully saturated rings. The summed E-state index contributed by atoms with van der Waals surface area (Å²) in [5.74, 6) is 0.662. The Labute approximate surface area is 80.2 Å². The Kier molecular flexibility index (Phi) is 2.24. The van der Waals surface area contributed by atoms with Crippen LogP contribution in [-0.4, -0.2) is 11.2 Å². The van der Waals surface area contributed by atoms with Gasteiger partial charge in [0.15, 0.2) is 5.75 Å². The lowest BCUT2D eigenvalue weighted by Crippen LogP contribution is -2.19. The highest BCUT2D eigenvalue weighted by molar-refractivity contribution is 5.64. The van der Waals surface area contributed by atoms with Crippen LogP contribution >= 0.6 is 0 Å². The lowest BCUT2D eigenvalue weighted by atomic mass is 10.1. The number of carbonyl (C=O) groups is 1. The van der Waals surface area contributed by atoms with Crippen LogP contribution in [0.3, 0.4) is 0 Å². The third kappa shape index (κ3) is 1.77. The molecule has 74 valence electrons. The number of hydrogen-bond donors (Lipinski definition) is 2. The van der Waals surface area contributed by atoms with Crippen molar-refractivity contribution in [2.24, 2.45) is 0 Å². The summed E-state index contributed by atoms with van der Waals surface area (Å²) in [4.78, 5) is 19.9. The normalized spacial score (nSPS) is 13.1. The number of carboxylic acid groups (broad SMARTS) is 1. The monoisotopic (exact) mass is 195 g/mol. The van der Waals surface area contributed by atoms with Crippen LogP contribution in [0.15, 0.2) is 18.2 Å². The molecule has 0 aliphatic carbocycles. The van der Waals surface area contributed by atoms with Crippen molar-refractivity contribution < 1.29 is 19.7 Å². The minimum Gasteiger partial charge on any atom is -0.465 e. The molecule has 2 N–H and O–H groups in total. The zero-order valence-electron chi connectivity index (χ0n) is 7.32. The molecule has 1 amide bonds. The molecule has 1 aromatic carbocycles. The first kappa shape index (κ1) is 8.83. The third-order valence-corrected chi connectivity index (χ3v) is 1.94. The molecule has 1 heterocycles. The Morgan fingerprint density at radius 1 is 1.57 bits per heavy atom. The van der Waals surface area contributed by atoms with Crippen molar-refractivity contribution in [3.63, 3.8) is 0 Å². The topological polar surface area (TPSA) is 67.8 Å². The van der Waals surface area contributed by atoms with E-state index in [1.165, 1.54) is 0 Å². The molecule has 0 spiro atoms. The van der Waals surface area contributed by atoms with Crippen molar-refractivity contribution in [3.05, 3.63) is 29.3 Å². The highest BCUT2D eigenvalue weighted by Gasteiger charge is 2.13. The molecule has 0 atom stereocenters. The third-order valence-electron chi connectivity index (χ3n) is 1.94. The van der Waals surface area contributed by atoms with Gasteiger partial charge in [0.2, 0.25) is 0 Å². The van der Waals surface area contributed by atoms with Crippen molar-refractivity contribution in [3.8, 4) is 5.75 Å². The van der Waals surface area contributed by atoms with Gasteiger partial charge in [-0.15, -0.1) is 0 Å². The van der Waals surface area contributed by atoms with Crippen LogP contribution in [0, 0.1) is 0 Å². The second-order valence-electron chi connectivity index (χ2n) is 2.95. The van der Waals surface area contributed by atoms with Crippen LogP contribution in [0.1, 0.15) is 11.1 Å². The van der Waals surface area contributed by atoms with E-state index in [2.05, 4.69) is 5.32 Å². The second-order valence-corrected chi connectivity index (χ2v) is 2.95. The Bertz CT molecular complexity index is 364. The van der Waals surface area contributed by atoms with E-state index in [9.17, 15) is 4.79 Å². The van der Waals surface area contributed by atoms with Crippen molar-refractivity contribution in [2.45, 2.75) is 13.2 Å². The van der Waals surface area contributed by atoms with Crippen LogP contribution in [0.4, 0.5) is 4.79 Å². The van der Waals surface area contributed by atoms with Crippen molar-refractivity contribution in [2.75, 3.05) is 0 Å². The SMILES string of the molecule is O=C(O)NCc1ccc2c(c1)OOC2. The van der Waals surface area contributed by atoms with Gasteiger partial charge in [0.05, 0.1) is 0 Å². The van der Waals surface area contributed by atoms with E-state index in [0.717, 1.165) is 11.1 Å². The first-order valence-corrected chi connectivity index (χ1v) is 4.14. The summed E-state index contributed by atoms with van der Waals surface area (Å²) in [6, 6.07) is 5.46. The van der Waals surface area contributed by atoms with Gasteiger partial charge in [-0.25, -0.2) is 4.79 Å². The maximum absolute atomic E-state index is 10.2. The molecule has 14 heavy (non-hydrogen) atoms. The summed E-state index contributed by atoms with van der Waals surface area (Å²) >= 11 is 0. The van der Waals surface area contributed by atoms with Gasteiger partial charge in [-0.3, -0.25) is 0 Å². The van der Waals surface area contributed by atoms with Gasteiger partial charge >= 0.3 is 6.09 Å². The number of nitrogens with one attached hydrogen (secondary N) is 1. The first-order valence-electron chi connectivity index (χ1n) is 4.14. The fraction of sp³-hybridized carbons (Fsp3) is 0.222. The summed E-state index contributed by atoms with van der Waals surface area (Å²) in [5, 5.41) is 10.7. The minimum atomic E-state index is -1.04. The average molecular weight is 195 g/mol. The molecule has 0 saturated heterocycles. The molecule has 1 aliphatic heterocycles. The van der Waals surface area contributed by atoms with Crippen molar-refractivity contribution >= 4 is 6.09 Å². The van der Waals surface area contributed by atoms with Gasteiger partial charge in [-0.2, -0.15) is 4.89 Å². The maximum Gasteiger partial charge on any atom is 0.404 e. The zero-order valence-corrected chi connectivity index (χ0v) is 7.32. The minimum absolute atomic E-state index is 0.270. The highest BCUT2D eigenvalue weighted by Crippen LogP contribution is 2.26. The molecule has 0 saturated carbocycles. The molecule has 1 aliphatic rings. The van der Waals surface area contributed by atoms with Gasteiger partial charge in [0, 0.05) is 12.1 Å². The Morgan fingerprint density at radius 2 is 2.43 bits per heavy atom. The molecule has 0 radical (unpaired) electrons. The van der Waals surface area contributed by atoms with E-state index >= 15 is 0 Å². The molecule has 0 unspecified atom stereocenters. The van der Waals surface area contributed by atoms with E-state index in [1.807, 2.05) is 12.1 Å². The summed E-state index contributed by atoms with van der Waals surface area (Å²) in [5.41, 5.74) is 1.82. The van der Waals surface area contributed by atoms with Crippen LogP contribution in [0.5, 0.6) is 5.75 Å². The Morgan fingerprint density at radius 3 is 3.21 bits per heavy atom. The Hall–Kier alpha value is -1.75. The summed E-state index contributed by atoms with van der Waals surface area (Å²) in [6.45, 7) is 0.716. The van der Waals surface area contributed by atoms with Crippen LogP contribution < -0.4 is 10.2 Å². The molecule has 0 bridgehead atoms. The van der Waals surface area contributed by atoms with E-state index in [1.54, 1.807) is 6.07 Å². The van der Waals surface area contributed by atoms with Gasteiger partial charge in [0.1, 0.15) is 6.61 Å². The number of benzene rings is 1. The van der Waals surface area contributed by atoms with E-state index in [-0.39, 0.29) is 6.54 Å². The number of hydrogen-bond acceptors (Lipinski definition) is 3. The van der Waals surface area contributed by atoms with E-state index in [0.29, 0.717) is 12.4 Å².